The van der Waals surface area contributed by atoms with E-state index < -0.39 is 11.9 Å². The van der Waals surface area contributed by atoms with Crippen molar-refractivity contribution < 1.29 is 19.2 Å². The lowest BCUT2D eigenvalue weighted by Crippen LogP contribution is -2.52. The van der Waals surface area contributed by atoms with Gasteiger partial charge in [-0.3, -0.25) is 34.1 Å². The van der Waals surface area contributed by atoms with Gasteiger partial charge < -0.3 is 20.5 Å². The van der Waals surface area contributed by atoms with Crippen LogP contribution in [0.5, 0.6) is 0 Å². The third-order valence-corrected chi connectivity index (χ3v) is 11.5. The first-order valence-corrected chi connectivity index (χ1v) is 19.7. The number of fused-ring (bicyclic) bond motifs is 3. The summed E-state index contributed by atoms with van der Waals surface area (Å²) in [5.74, 6) is -0.514. The number of piperidine rings is 1. The van der Waals surface area contributed by atoms with Crippen LogP contribution < -0.4 is 16.0 Å². The van der Waals surface area contributed by atoms with Gasteiger partial charge in [0.05, 0.1) is 16.7 Å². The lowest BCUT2D eigenvalue weighted by atomic mass is 10.0. The monoisotopic (exact) mass is 743 g/mol. The minimum absolute atomic E-state index is 0.155. The van der Waals surface area contributed by atoms with Crippen LogP contribution in [-0.2, 0) is 22.7 Å². The van der Waals surface area contributed by atoms with Gasteiger partial charge >= 0.3 is 0 Å². The Labute approximate surface area is 320 Å². The number of aryl methyl sites for hydroxylation is 2. The number of hydrogen-bond acceptors (Lipinski definition) is 8. The Kier molecular flexibility index (Phi) is 10.4. The molecule has 2 atom stereocenters. The lowest BCUT2D eigenvalue weighted by Gasteiger charge is -2.29. The molecule has 6 heterocycles. The van der Waals surface area contributed by atoms with Crippen LogP contribution in [0.2, 0.25) is 0 Å². The number of aromatic nitrogens is 4. The van der Waals surface area contributed by atoms with Gasteiger partial charge in [0.15, 0.2) is 0 Å². The molecule has 0 saturated carbocycles. The summed E-state index contributed by atoms with van der Waals surface area (Å²) in [4.78, 5) is 62.5. The van der Waals surface area contributed by atoms with Gasteiger partial charge in [0.25, 0.3) is 11.8 Å². The molecule has 2 aromatic carbocycles. The van der Waals surface area contributed by atoms with Crippen molar-refractivity contribution >= 4 is 56.9 Å². The molecule has 0 radical (unpaired) electrons. The Hall–Kier alpha value is -5.56. The summed E-state index contributed by atoms with van der Waals surface area (Å²) < 4.78 is 2.03. The summed E-state index contributed by atoms with van der Waals surface area (Å²) in [6, 6.07) is 15.3. The number of aromatic amines is 1. The van der Waals surface area contributed by atoms with E-state index in [1.807, 2.05) is 60.3 Å². The summed E-state index contributed by atoms with van der Waals surface area (Å²) in [6.07, 6.45) is 11.2. The molecule has 2 saturated heterocycles. The Morgan fingerprint density at radius 1 is 0.964 bits per heavy atom. The summed E-state index contributed by atoms with van der Waals surface area (Å²) in [5, 5.41) is 15.8. The normalized spacial score (nSPS) is 18.7. The van der Waals surface area contributed by atoms with Crippen LogP contribution in [0.15, 0.2) is 54.7 Å². The number of rotatable bonds is 14. The minimum atomic E-state index is -0.613. The number of hydrogen-bond donors (Lipinski definition) is 4. The molecular weight excluding hydrogens is 695 g/mol. The molecule has 3 aliphatic heterocycles. The molecule has 1 unspecified atom stereocenters. The molecule has 0 bridgehead atoms. The zero-order valence-corrected chi connectivity index (χ0v) is 31.6. The van der Waals surface area contributed by atoms with Crippen LogP contribution in [0.3, 0.4) is 0 Å². The number of likely N-dealkylation sites (tertiary alicyclic amines) is 1. The van der Waals surface area contributed by atoms with E-state index in [0.717, 1.165) is 103 Å². The van der Waals surface area contributed by atoms with Crippen LogP contribution in [0.4, 0.5) is 11.5 Å². The number of nitrogens with one attached hydrogen (secondary N) is 4. The van der Waals surface area contributed by atoms with E-state index in [4.69, 9.17) is 5.10 Å². The highest BCUT2D eigenvalue weighted by Crippen LogP contribution is 2.34. The molecule has 0 aliphatic carbocycles. The number of pyridine rings is 1. The molecule has 8 rings (SSSR count). The average Bonchev–Trinajstić information content (AvgIpc) is 3.95. The number of H-pyrrole nitrogens is 1. The predicted molar refractivity (Wildman–Crippen MR) is 212 cm³/mol. The van der Waals surface area contributed by atoms with Crippen molar-refractivity contribution in [3.63, 3.8) is 0 Å². The molecule has 0 spiro atoms. The van der Waals surface area contributed by atoms with Gasteiger partial charge in [-0.2, -0.15) is 5.10 Å². The van der Waals surface area contributed by atoms with Crippen molar-refractivity contribution in [2.75, 3.05) is 30.8 Å². The van der Waals surface area contributed by atoms with Crippen LogP contribution in [0.1, 0.15) is 108 Å². The molecule has 55 heavy (non-hydrogen) atoms. The largest absolute Gasteiger partial charge is 0.385 e. The van der Waals surface area contributed by atoms with Gasteiger partial charge in [-0.1, -0.05) is 37.8 Å². The number of unbranched alkanes of at least 4 members (excludes halogenated alkanes) is 5. The Morgan fingerprint density at radius 3 is 2.62 bits per heavy atom. The van der Waals surface area contributed by atoms with Gasteiger partial charge in [-0.25, -0.2) is 4.98 Å². The third kappa shape index (κ3) is 7.57. The topological polar surface area (TPSA) is 157 Å². The fraction of sp³-hybridized carbons (Fsp3) is 0.429. The molecule has 5 aromatic rings. The fourth-order valence-electron chi connectivity index (χ4n) is 8.51. The molecule has 286 valence electrons. The van der Waals surface area contributed by atoms with Crippen LogP contribution in [0.25, 0.3) is 21.8 Å². The van der Waals surface area contributed by atoms with Crippen LogP contribution in [-0.4, -0.2) is 79.4 Å². The highest BCUT2D eigenvalue weighted by molar-refractivity contribution is 6.07. The van der Waals surface area contributed by atoms with E-state index in [0.29, 0.717) is 36.0 Å². The first kappa shape index (κ1) is 36.4. The van der Waals surface area contributed by atoms with Crippen molar-refractivity contribution in [2.24, 2.45) is 0 Å². The van der Waals surface area contributed by atoms with Gasteiger partial charge in [-0.05, 0) is 83.0 Å². The Balaban J connectivity index is 0.784. The number of imide groups is 1. The first-order chi connectivity index (χ1) is 26.7. The zero-order chi connectivity index (χ0) is 38.1. The quantitative estimate of drug-likeness (QED) is 0.0747. The molecule has 13 heteroatoms. The SMILES string of the molecule is Cc1nn(CCCCCCCCNc2cccc3c2CN(C2CCC(=O)NC2=O)C3=O)c2cc(C(=O)Nc3cc4[nH]c([C@@H]5CCCN5C)cc4cn3)ccc12. The summed E-state index contributed by atoms with van der Waals surface area (Å²) in [7, 11) is 2.16. The Bertz CT molecular complexity index is 2280. The highest BCUT2D eigenvalue weighted by Gasteiger charge is 2.39. The van der Waals surface area contributed by atoms with Crippen molar-refractivity contribution in [3.05, 3.63) is 82.8 Å². The number of carbonyl (C=O) groups excluding carboxylic acids is 4. The van der Waals surface area contributed by atoms with Gasteiger partial charge in [0, 0.05) is 83.2 Å². The maximum Gasteiger partial charge on any atom is 0.256 e. The molecule has 4 amide bonds. The summed E-state index contributed by atoms with van der Waals surface area (Å²) >= 11 is 0. The Morgan fingerprint density at radius 2 is 1.80 bits per heavy atom. The maximum atomic E-state index is 13.4. The second-order valence-electron chi connectivity index (χ2n) is 15.3. The molecule has 3 aromatic heterocycles. The first-order valence-electron chi connectivity index (χ1n) is 19.7. The molecule has 3 aliphatic rings. The lowest BCUT2D eigenvalue weighted by molar-refractivity contribution is -0.136. The highest BCUT2D eigenvalue weighted by atomic mass is 16.2. The fourth-order valence-corrected chi connectivity index (χ4v) is 8.51. The van der Waals surface area contributed by atoms with Crippen molar-refractivity contribution in [1.29, 1.82) is 0 Å². The van der Waals surface area contributed by atoms with E-state index >= 15 is 0 Å². The summed E-state index contributed by atoms with van der Waals surface area (Å²) in [6.45, 7) is 5.06. The number of nitrogens with zero attached hydrogens (tertiary/aromatic N) is 5. The van der Waals surface area contributed by atoms with E-state index in [2.05, 4.69) is 43.9 Å². The summed E-state index contributed by atoms with van der Waals surface area (Å²) in [5.41, 5.74) is 7.12. The smallest absolute Gasteiger partial charge is 0.256 e. The van der Waals surface area contributed by atoms with Crippen molar-refractivity contribution in [2.45, 2.75) is 96.3 Å². The molecular formula is C42H49N9O4. The van der Waals surface area contributed by atoms with E-state index in [9.17, 15) is 19.2 Å². The number of anilines is 2. The van der Waals surface area contributed by atoms with E-state index in [1.54, 1.807) is 4.90 Å². The maximum absolute atomic E-state index is 13.4. The third-order valence-electron chi connectivity index (χ3n) is 11.5. The number of amides is 4. The minimum Gasteiger partial charge on any atom is -0.385 e. The second kappa shape index (κ2) is 15.7. The standard InChI is InChI=1S/C42H49N9O4/c1-26-29-15-14-27(40(53)46-38-23-33-28(24-44-38)21-34(45-33)35-13-10-19-49(35)2)22-37(29)51(48-26)20-8-6-4-3-5-7-18-43-32-12-9-11-30-31(32)25-50(42(30)55)36-16-17-39(52)47-41(36)54/h9,11-12,14-15,21-24,35-36,43,45H,3-8,10,13,16-20,25H2,1-2H3,(H,44,46,53)(H,47,52,54)/t35-,36?/m0/s1. The second-order valence-corrected chi connectivity index (χ2v) is 15.3. The predicted octanol–water partition coefficient (Wildman–Crippen LogP) is 6.45. The zero-order valence-electron chi connectivity index (χ0n) is 31.6. The van der Waals surface area contributed by atoms with Gasteiger partial charge in [0.1, 0.15) is 11.9 Å². The molecule has 4 N–H and O–H groups in total. The van der Waals surface area contributed by atoms with Gasteiger partial charge in [-0.15, -0.1) is 0 Å². The van der Waals surface area contributed by atoms with Crippen molar-refractivity contribution in [3.8, 4) is 0 Å². The number of carbonyl (C=O) groups is 4. The number of benzene rings is 2. The van der Waals surface area contributed by atoms with Gasteiger partial charge in [0.2, 0.25) is 11.8 Å². The van der Waals surface area contributed by atoms with E-state index in [1.165, 1.54) is 12.1 Å². The average molecular weight is 744 g/mol. The van der Waals surface area contributed by atoms with Crippen molar-refractivity contribution in [1.82, 2.24) is 34.9 Å². The van der Waals surface area contributed by atoms with E-state index in [-0.39, 0.29) is 24.1 Å². The molecule has 13 nitrogen and oxygen atoms in total. The van der Waals surface area contributed by atoms with Crippen LogP contribution in [0, 0.1) is 6.92 Å². The van der Waals surface area contributed by atoms with Crippen LogP contribution >= 0.6 is 0 Å². The molecule has 2 fully saturated rings.